The monoisotopic (exact) mass is 284 g/mol. The Morgan fingerprint density at radius 3 is 2.68 bits per heavy atom. The summed E-state index contributed by atoms with van der Waals surface area (Å²) in [6.07, 6.45) is 2.27. The van der Waals surface area contributed by atoms with Crippen LogP contribution in [0, 0.1) is 5.92 Å². The Balaban J connectivity index is 2.46. The summed E-state index contributed by atoms with van der Waals surface area (Å²) < 4.78 is 1.04. The number of aromatic nitrogens is 2. The van der Waals surface area contributed by atoms with Crippen LogP contribution in [0.5, 0.6) is 0 Å². The molecule has 0 amide bonds. The van der Waals surface area contributed by atoms with Crippen molar-refractivity contribution < 1.29 is 9.90 Å². The summed E-state index contributed by atoms with van der Waals surface area (Å²) >= 11 is 5.92. The molecular formula is C13H17ClN2O3. The van der Waals surface area contributed by atoms with E-state index < -0.39 is 12.0 Å². The molecule has 1 aromatic rings. The Morgan fingerprint density at radius 1 is 1.58 bits per heavy atom. The fourth-order valence-electron chi connectivity index (χ4n) is 2.15. The number of rotatable bonds is 5. The predicted octanol–water partition coefficient (Wildman–Crippen LogP) is 2.45. The van der Waals surface area contributed by atoms with Crippen molar-refractivity contribution in [3.05, 3.63) is 27.1 Å². The van der Waals surface area contributed by atoms with Crippen molar-refractivity contribution in [1.29, 1.82) is 0 Å². The molecule has 0 aromatic carbocycles. The van der Waals surface area contributed by atoms with Crippen LogP contribution in [0.25, 0.3) is 0 Å². The van der Waals surface area contributed by atoms with Crippen molar-refractivity contribution in [3.8, 4) is 0 Å². The van der Waals surface area contributed by atoms with Gasteiger partial charge in [0.1, 0.15) is 5.15 Å². The zero-order valence-corrected chi connectivity index (χ0v) is 11.7. The third kappa shape index (κ3) is 3.15. The minimum absolute atomic E-state index is 0.151. The van der Waals surface area contributed by atoms with Gasteiger partial charge >= 0.3 is 5.97 Å². The van der Waals surface area contributed by atoms with Crippen molar-refractivity contribution in [2.24, 2.45) is 5.92 Å². The van der Waals surface area contributed by atoms with Crippen molar-refractivity contribution in [2.45, 2.75) is 45.1 Å². The van der Waals surface area contributed by atoms with Crippen molar-refractivity contribution in [1.82, 2.24) is 9.78 Å². The van der Waals surface area contributed by atoms with E-state index in [0.29, 0.717) is 12.0 Å². The summed E-state index contributed by atoms with van der Waals surface area (Å²) in [6, 6.07) is 0.607. The van der Waals surface area contributed by atoms with Crippen LogP contribution in [0.3, 0.4) is 0 Å². The number of carboxylic acid groups (broad SMARTS) is 1. The standard InChI is InChI=1S/C13H17ClN2O3/c1-7(2)5-10(13(18)19)16-12(17)9(8-3-4-8)6-11(14)15-16/h6-8,10H,3-5H2,1-2H3,(H,18,19). The Morgan fingerprint density at radius 2 is 2.21 bits per heavy atom. The van der Waals surface area contributed by atoms with Crippen molar-refractivity contribution in [2.75, 3.05) is 0 Å². The first-order valence-corrected chi connectivity index (χ1v) is 6.80. The second kappa shape index (κ2) is 5.33. The summed E-state index contributed by atoms with van der Waals surface area (Å²) in [5.74, 6) is -0.682. The number of hydrogen-bond acceptors (Lipinski definition) is 3. The number of nitrogens with zero attached hydrogens (tertiary/aromatic N) is 2. The van der Waals surface area contributed by atoms with Crippen molar-refractivity contribution in [3.63, 3.8) is 0 Å². The van der Waals surface area contributed by atoms with Crippen LogP contribution in [0.2, 0.25) is 5.15 Å². The molecule has 1 aromatic heterocycles. The Kier molecular flexibility index (Phi) is 3.94. The third-order valence-electron chi connectivity index (χ3n) is 3.23. The van der Waals surface area contributed by atoms with Gasteiger partial charge in [-0.1, -0.05) is 25.4 Å². The molecule has 0 radical (unpaired) electrons. The fourth-order valence-corrected chi connectivity index (χ4v) is 2.35. The third-order valence-corrected chi connectivity index (χ3v) is 3.41. The van der Waals surface area contributed by atoms with Crippen LogP contribution >= 0.6 is 11.6 Å². The summed E-state index contributed by atoms with van der Waals surface area (Å²) in [6.45, 7) is 3.82. The van der Waals surface area contributed by atoms with Gasteiger partial charge in [-0.25, -0.2) is 9.48 Å². The second-order valence-electron chi connectivity index (χ2n) is 5.43. The van der Waals surface area contributed by atoms with Crippen LogP contribution in [0.4, 0.5) is 0 Å². The second-order valence-corrected chi connectivity index (χ2v) is 5.82. The van der Waals surface area contributed by atoms with Gasteiger partial charge < -0.3 is 5.11 Å². The van der Waals surface area contributed by atoms with Gasteiger partial charge in [0, 0.05) is 5.56 Å². The lowest BCUT2D eigenvalue weighted by Gasteiger charge is -2.17. The van der Waals surface area contributed by atoms with E-state index in [4.69, 9.17) is 11.6 Å². The molecule has 0 bridgehead atoms. The van der Waals surface area contributed by atoms with Crippen LogP contribution in [0.1, 0.15) is 50.6 Å². The van der Waals surface area contributed by atoms with Crippen LogP contribution in [0.15, 0.2) is 10.9 Å². The highest BCUT2D eigenvalue weighted by atomic mass is 35.5. The molecule has 0 saturated heterocycles. The van der Waals surface area contributed by atoms with Gasteiger partial charge in [0.05, 0.1) is 0 Å². The van der Waals surface area contributed by atoms with Crippen LogP contribution < -0.4 is 5.56 Å². The zero-order valence-electron chi connectivity index (χ0n) is 11.0. The average molecular weight is 285 g/mol. The lowest BCUT2D eigenvalue weighted by atomic mass is 10.0. The van der Waals surface area contributed by atoms with Crippen LogP contribution in [-0.2, 0) is 4.79 Å². The molecule has 19 heavy (non-hydrogen) atoms. The molecule has 1 aliphatic carbocycles. The quantitative estimate of drug-likeness (QED) is 0.901. The Labute approximate surface area is 116 Å². The molecular weight excluding hydrogens is 268 g/mol. The number of carboxylic acids is 1. The molecule has 2 rings (SSSR count). The van der Waals surface area contributed by atoms with E-state index in [-0.39, 0.29) is 22.5 Å². The van der Waals surface area contributed by atoms with Gasteiger partial charge in [0.2, 0.25) is 0 Å². The van der Waals surface area contributed by atoms with Crippen molar-refractivity contribution >= 4 is 17.6 Å². The van der Waals surface area contributed by atoms with Gasteiger partial charge in [-0.15, -0.1) is 0 Å². The molecule has 1 aliphatic rings. The maximum atomic E-state index is 12.3. The molecule has 1 saturated carbocycles. The smallest absolute Gasteiger partial charge is 0.328 e. The Bertz CT molecular complexity index is 549. The number of halogens is 1. The molecule has 5 nitrogen and oxygen atoms in total. The van der Waals surface area contributed by atoms with Gasteiger partial charge in [-0.3, -0.25) is 4.79 Å². The van der Waals surface area contributed by atoms with Gasteiger partial charge in [-0.05, 0) is 37.2 Å². The lowest BCUT2D eigenvalue weighted by molar-refractivity contribution is -0.141. The normalized spacial score (nSPS) is 16.6. The first-order valence-electron chi connectivity index (χ1n) is 6.42. The molecule has 1 unspecified atom stereocenters. The zero-order chi connectivity index (χ0) is 14.2. The maximum Gasteiger partial charge on any atom is 0.328 e. The summed E-state index contributed by atoms with van der Waals surface area (Å²) in [4.78, 5) is 23.7. The molecule has 0 aliphatic heterocycles. The summed E-state index contributed by atoms with van der Waals surface area (Å²) in [7, 11) is 0. The maximum absolute atomic E-state index is 12.3. The highest BCUT2D eigenvalue weighted by Gasteiger charge is 2.31. The molecule has 1 N–H and O–H groups in total. The van der Waals surface area contributed by atoms with Gasteiger partial charge in [0.15, 0.2) is 6.04 Å². The number of carbonyl (C=O) groups is 1. The first kappa shape index (κ1) is 14.1. The largest absolute Gasteiger partial charge is 0.480 e. The first-order chi connectivity index (χ1) is 8.90. The lowest BCUT2D eigenvalue weighted by Crippen LogP contribution is -2.34. The number of aliphatic carboxylic acids is 1. The summed E-state index contributed by atoms with van der Waals surface area (Å²) in [5.41, 5.74) is 0.273. The molecule has 1 fully saturated rings. The molecule has 0 spiro atoms. The van der Waals surface area contributed by atoms with E-state index in [1.54, 1.807) is 6.07 Å². The average Bonchev–Trinajstić information content (AvgIpc) is 3.12. The SMILES string of the molecule is CC(C)CC(C(=O)O)n1nc(Cl)cc(C2CC2)c1=O. The highest BCUT2D eigenvalue weighted by Crippen LogP contribution is 2.38. The molecule has 104 valence electrons. The molecule has 6 heteroatoms. The van der Waals surface area contributed by atoms with E-state index >= 15 is 0 Å². The minimum Gasteiger partial charge on any atom is -0.480 e. The van der Waals surface area contributed by atoms with Crippen LogP contribution in [-0.4, -0.2) is 20.9 Å². The molecule has 1 atom stereocenters. The molecule has 1 heterocycles. The number of hydrogen-bond donors (Lipinski definition) is 1. The topological polar surface area (TPSA) is 72.2 Å². The van der Waals surface area contributed by atoms with E-state index in [9.17, 15) is 14.7 Å². The van der Waals surface area contributed by atoms with Gasteiger partial charge in [-0.2, -0.15) is 5.10 Å². The van der Waals surface area contributed by atoms with E-state index in [2.05, 4.69) is 5.10 Å². The van der Waals surface area contributed by atoms with Gasteiger partial charge in [0.25, 0.3) is 5.56 Å². The van der Waals surface area contributed by atoms with E-state index in [0.717, 1.165) is 17.5 Å². The summed E-state index contributed by atoms with van der Waals surface area (Å²) in [5, 5.41) is 13.4. The predicted molar refractivity (Wildman–Crippen MR) is 71.6 cm³/mol. The minimum atomic E-state index is -1.05. The van der Waals surface area contributed by atoms with E-state index in [1.165, 1.54) is 0 Å². The Hall–Kier alpha value is -1.36. The van der Waals surface area contributed by atoms with E-state index in [1.807, 2.05) is 13.8 Å². The fraction of sp³-hybridized carbons (Fsp3) is 0.615. The highest BCUT2D eigenvalue weighted by molar-refractivity contribution is 6.29.